The fraction of sp³-hybridized carbons (Fsp3) is 0. The molecular formula is C11H11NO4S. The number of nitrogens with one attached hydrogen (secondary N) is 1. The predicted octanol–water partition coefficient (Wildman–Crippen LogP) is 1.66. The van der Waals surface area contributed by atoms with Crippen molar-refractivity contribution in [1.82, 2.24) is 0 Å². The fourth-order valence-corrected chi connectivity index (χ4v) is 1.40. The molecule has 17 heavy (non-hydrogen) atoms. The van der Waals surface area contributed by atoms with E-state index < -0.39 is 10.1 Å². The zero-order chi connectivity index (χ0) is 12.9. The number of rotatable bonds is 5. The second-order valence-electron chi connectivity index (χ2n) is 2.96. The van der Waals surface area contributed by atoms with E-state index in [0.29, 0.717) is 11.1 Å². The van der Waals surface area contributed by atoms with E-state index in [4.69, 9.17) is 0 Å². The van der Waals surface area contributed by atoms with Crippen molar-refractivity contribution in [3.63, 3.8) is 0 Å². The van der Waals surface area contributed by atoms with Crippen LogP contribution in [0.3, 0.4) is 0 Å². The van der Waals surface area contributed by atoms with Gasteiger partial charge in [0.25, 0.3) is 0 Å². The van der Waals surface area contributed by atoms with Crippen LogP contribution in [0.4, 0.5) is 5.69 Å². The molecule has 0 fully saturated rings. The van der Waals surface area contributed by atoms with Gasteiger partial charge in [0, 0.05) is 5.69 Å². The second-order valence-corrected chi connectivity index (χ2v) is 4.45. The number of hydrogen-bond acceptors (Lipinski definition) is 4. The largest absolute Gasteiger partial charge is 0.379 e. The topological polar surface area (TPSA) is 72.5 Å². The summed E-state index contributed by atoms with van der Waals surface area (Å²) in [5.74, 6) is -0.209. The SMILES string of the molecule is C=CC(=O)Nc1ccc(OS(=O)(=O)C=C)cc1. The van der Waals surface area contributed by atoms with E-state index in [-0.39, 0.29) is 11.7 Å². The highest BCUT2D eigenvalue weighted by molar-refractivity contribution is 7.90. The van der Waals surface area contributed by atoms with Crippen molar-refractivity contribution in [3.8, 4) is 5.75 Å². The van der Waals surface area contributed by atoms with Gasteiger partial charge in [0.1, 0.15) is 5.75 Å². The highest BCUT2D eigenvalue weighted by atomic mass is 32.2. The first kappa shape index (κ1) is 13.0. The van der Waals surface area contributed by atoms with Crippen LogP contribution in [0.25, 0.3) is 0 Å². The molecule has 1 amide bonds. The third-order valence-corrected chi connectivity index (χ3v) is 2.56. The van der Waals surface area contributed by atoms with Gasteiger partial charge in [-0.1, -0.05) is 13.2 Å². The second kappa shape index (κ2) is 5.31. The summed E-state index contributed by atoms with van der Waals surface area (Å²) >= 11 is 0. The van der Waals surface area contributed by atoms with Crippen LogP contribution in [0.15, 0.2) is 48.9 Å². The van der Waals surface area contributed by atoms with Crippen LogP contribution in [-0.4, -0.2) is 14.3 Å². The third-order valence-electron chi connectivity index (χ3n) is 1.72. The zero-order valence-electron chi connectivity index (χ0n) is 8.92. The van der Waals surface area contributed by atoms with Crippen molar-refractivity contribution < 1.29 is 17.4 Å². The Morgan fingerprint density at radius 3 is 2.29 bits per heavy atom. The van der Waals surface area contributed by atoms with Gasteiger partial charge >= 0.3 is 10.1 Å². The first-order chi connectivity index (χ1) is 7.96. The van der Waals surface area contributed by atoms with Gasteiger partial charge in [-0.3, -0.25) is 4.79 Å². The van der Waals surface area contributed by atoms with Crippen LogP contribution in [-0.2, 0) is 14.9 Å². The highest BCUT2D eigenvalue weighted by Gasteiger charge is 2.06. The molecule has 90 valence electrons. The van der Waals surface area contributed by atoms with Gasteiger partial charge in [-0.2, -0.15) is 8.42 Å². The molecule has 1 N–H and O–H groups in total. The molecule has 0 spiro atoms. The van der Waals surface area contributed by atoms with Crippen LogP contribution < -0.4 is 9.50 Å². The lowest BCUT2D eigenvalue weighted by Gasteiger charge is -2.05. The summed E-state index contributed by atoms with van der Waals surface area (Å²) < 4.78 is 26.8. The Hall–Kier alpha value is -2.08. The minimum absolute atomic E-state index is 0.140. The fourth-order valence-electron chi connectivity index (χ4n) is 0.955. The Kier molecular flexibility index (Phi) is 4.06. The molecule has 0 unspecified atom stereocenters. The molecule has 0 radical (unpaired) electrons. The molecule has 0 saturated heterocycles. The van der Waals surface area contributed by atoms with Crippen LogP contribution in [0.5, 0.6) is 5.75 Å². The van der Waals surface area contributed by atoms with Crippen LogP contribution >= 0.6 is 0 Å². The molecule has 0 aliphatic rings. The Balaban J connectivity index is 2.78. The minimum Gasteiger partial charge on any atom is -0.379 e. The quantitative estimate of drug-likeness (QED) is 0.640. The van der Waals surface area contributed by atoms with E-state index in [9.17, 15) is 13.2 Å². The first-order valence-corrected chi connectivity index (χ1v) is 6.04. The summed E-state index contributed by atoms with van der Waals surface area (Å²) in [6, 6.07) is 5.85. The molecule has 1 aromatic rings. The molecule has 0 aliphatic heterocycles. The van der Waals surface area contributed by atoms with E-state index >= 15 is 0 Å². The van der Waals surface area contributed by atoms with Crippen molar-refractivity contribution >= 4 is 21.7 Å². The van der Waals surface area contributed by atoms with Crippen LogP contribution in [0, 0.1) is 0 Å². The van der Waals surface area contributed by atoms with Gasteiger partial charge in [0.2, 0.25) is 5.91 Å². The van der Waals surface area contributed by atoms with E-state index in [2.05, 4.69) is 22.7 Å². The lowest BCUT2D eigenvalue weighted by molar-refractivity contribution is -0.111. The van der Waals surface area contributed by atoms with Crippen molar-refractivity contribution in [3.05, 3.63) is 48.9 Å². The highest BCUT2D eigenvalue weighted by Crippen LogP contribution is 2.17. The third kappa shape index (κ3) is 4.12. The van der Waals surface area contributed by atoms with Gasteiger partial charge in [-0.25, -0.2) is 0 Å². The average Bonchev–Trinajstić information content (AvgIpc) is 2.31. The monoisotopic (exact) mass is 253 g/mol. The van der Waals surface area contributed by atoms with Gasteiger partial charge in [0.05, 0.1) is 5.41 Å². The maximum atomic E-state index is 11.1. The lowest BCUT2D eigenvalue weighted by Crippen LogP contribution is -2.07. The number of carbonyl (C=O) groups is 1. The zero-order valence-corrected chi connectivity index (χ0v) is 9.74. The molecular weight excluding hydrogens is 242 g/mol. The summed E-state index contributed by atoms with van der Waals surface area (Å²) in [6.07, 6.45) is 1.13. The van der Waals surface area contributed by atoms with Gasteiger partial charge in [-0.15, -0.1) is 0 Å². The van der Waals surface area contributed by atoms with Crippen molar-refractivity contribution in [2.45, 2.75) is 0 Å². The van der Waals surface area contributed by atoms with Crippen molar-refractivity contribution in [2.24, 2.45) is 0 Å². The van der Waals surface area contributed by atoms with Crippen LogP contribution in [0.1, 0.15) is 0 Å². The maximum Gasteiger partial charge on any atom is 0.331 e. The number of carbonyl (C=O) groups excluding carboxylic acids is 1. The average molecular weight is 253 g/mol. The van der Waals surface area contributed by atoms with E-state index in [1.165, 1.54) is 24.3 Å². The van der Waals surface area contributed by atoms with Gasteiger partial charge < -0.3 is 9.50 Å². The smallest absolute Gasteiger partial charge is 0.331 e. The Labute approximate surface area is 99.5 Å². The minimum atomic E-state index is -3.75. The summed E-state index contributed by atoms with van der Waals surface area (Å²) in [5, 5.41) is 3.22. The number of anilines is 1. The van der Waals surface area contributed by atoms with Crippen molar-refractivity contribution in [2.75, 3.05) is 5.32 Å². The molecule has 6 heteroatoms. The molecule has 0 aromatic heterocycles. The lowest BCUT2D eigenvalue weighted by atomic mass is 10.3. The molecule has 1 aromatic carbocycles. The molecule has 0 saturated carbocycles. The first-order valence-electron chi connectivity index (χ1n) is 4.57. The summed E-state index contributed by atoms with van der Waals surface area (Å²) in [7, 11) is -3.75. The number of amides is 1. The molecule has 0 aliphatic carbocycles. The molecule has 1 rings (SSSR count). The van der Waals surface area contributed by atoms with Crippen molar-refractivity contribution in [1.29, 1.82) is 0 Å². The van der Waals surface area contributed by atoms with E-state index in [1.54, 1.807) is 0 Å². The van der Waals surface area contributed by atoms with Gasteiger partial charge in [0.15, 0.2) is 0 Å². The molecule has 0 atom stereocenters. The summed E-state index contributed by atoms with van der Waals surface area (Å²) in [6.45, 7) is 6.42. The van der Waals surface area contributed by atoms with Gasteiger partial charge in [-0.05, 0) is 30.3 Å². The number of benzene rings is 1. The maximum absolute atomic E-state index is 11.1. The summed E-state index contributed by atoms with van der Waals surface area (Å²) in [4.78, 5) is 11.0. The Morgan fingerprint density at radius 2 is 1.82 bits per heavy atom. The normalized spacial score (nSPS) is 10.4. The standard InChI is InChI=1S/C11H11NO4S/c1-3-11(13)12-9-5-7-10(8-6-9)16-17(14,15)4-2/h3-8H,1-2H2,(H,12,13). The molecule has 0 bridgehead atoms. The molecule has 5 nitrogen and oxygen atoms in total. The predicted molar refractivity (Wildman–Crippen MR) is 65.0 cm³/mol. The Bertz CT molecular complexity index is 531. The Morgan fingerprint density at radius 1 is 1.24 bits per heavy atom. The van der Waals surface area contributed by atoms with E-state index in [0.717, 1.165) is 6.08 Å². The summed E-state index contributed by atoms with van der Waals surface area (Å²) in [5.41, 5.74) is 0.512. The van der Waals surface area contributed by atoms with Crippen LogP contribution in [0.2, 0.25) is 0 Å². The molecule has 0 heterocycles. The van der Waals surface area contributed by atoms with E-state index in [1.807, 2.05) is 0 Å². The number of hydrogen-bond donors (Lipinski definition) is 1.